The van der Waals surface area contributed by atoms with Crippen molar-refractivity contribution in [3.8, 4) is 0 Å². The summed E-state index contributed by atoms with van der Waals surface area (Å²) in [5, 5.41) is 4.06. The van der Waals surface area contributed by atoms with E-state index in [9.17, 15) is 8.42 Å². The van der Waals surface area contributed by atoms with Gasteiger partial charge in [-0.1, -0.05) is 11.8 Å². The molecule has 0 aromatic carbocycles. The van der Waals surface area contributed by atoms with Crippen LogP contribution in [-0.2, 0) is 16.9 Å². The molecule has 0 saturated heterocycles. The predicted molar refractivity (Wildman–Crippen MR) is 66.5 cm³/mol. The number of thioether (sulfide) groups is 1. The monoisotopic (exact) mass is 263 g/mol. The summed E-state index contributed by atoms with van der Waals surface area (Å²) in [6.45, 7) is 1.30. The number of aromatic nitrogens is 2. The molecule has 0 spiro atoms. The molecular weight excluding hydrogens is 246 g/mol. The summed E-state index contributed by atoms with van der Waals surface area (Å²) in [5.74, 6) is 1.08. The van der Waals surface area contributed by atoms with Gasteiger partial charge >= 0.3 is 0 Å². The summed E-state index contributed by atoms with van der Waals surface area (Å²) in [7, 11) is -0.896. The fourth-order valence-corrected chi connectivity index (χ4v) is 2.43. The van der Waals surface area contributed by atoms with Crippen molar-refractivity contribution >= 4 is 21.6 Å². The molecule has 1 aromatic heterocycles. The van der Waals surface area contributed by atoms with Crippen molar-refractivity contribution in [1.82, 2.24) is 14.9 Å². The Labute approximate surface area is 101 Å². The lowest BCUT2D eigenvalue weighted by Gasteiger charge is -2.03. The van der Waals surface area contributed by atoms with Gasteiger partial charge in [0, 0.05) is 44.5 Å². The molecule has 92 valence electrons. The molecule has 0 radical (unpaired) electrons. The molecular formula is C9H17N3O2S2. The molecule has 0 aliphatic rings. The predicted octanol–water partition coefficient (Wildman–Crippen LogP) is 0.146. The van der Waals surface area contributed by atoms with Gasteiger partial charge in [0.2, 0.25) is 0 Å². The van der Waals surface area contributed by atoms with E-state index in [2.05, 4.69) is 10.3 Å². The Balaban J connectivity index is 2.07. The molecule has 1 N–H and O–H groups in total. The minimum Gasteiger partial charge on any atom is -0.329 e. The standard InChI is InChI=1S/C9H17N3O2S2/c1-12-6-3-11-9(12)15-7-4-10-5-8-16(2,13)14/h3,6,10H,4-5,7-8H2,1-2H3. The van der Waals surface area contributed by atoms with Gasteiger partial charge in [-0.3, -0.25) is 0 Å². The Hall–Kier alpha value is -0.530. The number of nitrogens with one attached hydrogen (secondary N) is 1. The first-order valence-electron chi connectivity index (χ1n) is 4.97. The second kappa shape index (κ2) is 6.27. The lowest BCUT2D eigenvalue weighted by molar-refractivity contribution is 0.598. The van der Waals surface area contributed by atoms with Gasteiger partial charge in [0.1, 0.15) is 9.84 Å². The Kier molecular flexibility index (Phi) is 5.30. The van der Waals surface area contributed by atoms with Crippen molar-refractivity contribution in [3.63, 3.8) is 0 Å². The molecule has 1 rings (SSSR count). The van der Waals surface area contributed by atoms with Crippen molar-refractivity contribution in [2.45, 2.75) is 5.16 Å². The average molecular weight is 263 g/mol. The quantitative estimate of drug-likeness (QED) is 0.560. The lowest BCUT2D eigenvalue weighted by Crippen LogP contribution is -2.24. The SMILES string of the molecule is Cn1ccnc1SCCNCCS(C)(=O)=O. The topological polar surface area (TPSA) is 64.0 Å². The molecule has 0 unspecified atom stereocenters. The normalized spacial score (nSPS) is 11.9. The van der Waals surface area contributed by atoms with Crippen LogP contribution in [0.15, 0.2) is 17.6 Å². The third-order valence-electron chi connectivity index (χ3n) is 1.94. The van der Waals surface area contributed by atoms with Crippen LogP contribution in [0.5, 0.6) is 0 Å². The molecule has 0 bridgehead atoms. The van der Waals surface area contributed by atoms with E-state index in [1.54, 1.807) is 18.0 Å². The highest BCUT2D eigenvalue weighted by atomic mass is 32.2. The summed E-state index contributed by atoms with van der Waals surface area (Å²) in [4.78, 5) is 4.18. The average Bonchev–Trinajstić information content (AvgIpc) is 2.56. The number of hydrogen-bond acceptors (Lipinski definition) is 5. The summed E-state index contributed by atoms with van der Waals surface area (Å²) >= 11 is 1.65. The molecule has 0 aliphatic heterocycles. The number of sulfone groups is 1. The van der Waals surface area contributed by atoms with E-state index in [-0.39, 0.29) is 5.75 Å². The third kappa shape index (κ3) is 5.53. The van der Waals surface area contributed by atoms with E-state index in [0.717, 1.165) is 17.5 Å². The molecule has 1 heterocycles. The molecule has 0 amide bonds. The fourth-order valence-electron chi connectivity index (χ4n) is 1.09. The van der Waals surface area contributed by atoms with Crippen LogP contribution in [0.1, 0.15) is 0 Å². The van der Waals surface area contributed by atoms with Crippen LogP contribution >= 0.6 is 11.8 Å². The van der Waals surface area contributed by atoms with Gasteiger partial charge in [-0.2, -0.15) is 0 Å². The van der Waals surface area contributed by atoms with E-state index in [1.807, 2.05) is 17.8 Å². The van der Waals surface area contributed by atoms with Crippen molar-refractivity contribution in [2.24, 2.45) is 7.05 Å². The van der Waals surface area contributed by atoms with Crippen molar-refractivity contribution in [3.05, 3.63) is 12.4 Å². The zero-order valence-electron chi connectivity index (χ0n) is 9.51. The summed E-state index contributed by atoms with van der Waals surface area (Å²) in [5.41, 5.74) is 0. The van der Waals surface area contributed by atoms with Gasteiger partial charge in [0.25, 0.3) is 0 Å². The van der Waals surface area contributed by atoms with Crippen LogP contribution in [0.3, 0.4) is 0 Å². The second-order valence-electron chi connectivity index (χ2n) is 3.55. The number of hydrogen-bond donors (Lipinski definition) is 1. The highest BCUT2D eigenvalue weighted by molar-refractivity contribution is 7.99. The van der Waals surface area contributed by atoms with E-state index in [4.69, 9.17) is 0 Å². The van der Waals surface area contributed by atoms with Gasteiger partial charge in [-0.25, -0.2) is 13.4 Å². The van der Waals surface area contributed by atoms with Gasteiger partial charge in [0.05, 0.1) is 5.75 Å². The van der Waals surface area contributed by atoms with Gasteiger partial charge in [-0.05, 0) is 0 Å². The Bertz CT molecular complexity index is 414. The van der Waals surface area contributed by atoms with Crippen molar-refractivity contribution in [1.29, 1.82) is 0 Å². The van der Waals surface area contributed by atoms with Crippen LogP contribution in [0.4, 0.5) is 0 Å². The Morgan fingerprint density at radius 3 is 2.81 bits per heavy atom. The van der Waals surface area contributed by atoms with Crippen LogP contribution in [0.2, 0.25) is 0 Å². The molecule has 5 nitrogen and oxygen atoms in total. The van der Waals surface area contributed by atoms with E-state index >= 15 is 0 Å². The van der Waals surface area contributed by atoms with E-state index in [0.29, 0.717) is 6.54 Å². The maximum atomic E-state index is 10.8. The molecule has 0 atom stereocenters. The van der Waals surface area contributed by atoms with E-state index < -0.39 is 9.84 Å². The molecule has 7 heteroatoms. The molecule has 16 heavy (non-hydrogen) atoms. The first-order valence-corrected chi connectivity index (χ1v) is 8.02. The van der Waals surface area contributed by atoms with Gasteiger partial charge < -0.3 is 9.88 Å². The summed E-state index contributed by atoms with van der Waals surface area (Å²) in [6, 6.07) is 0. The number of imidazole rings is 1. The third-order valence-corrected chi connectivity index (χ3v) is 3.94. The van der Waals surface area contributed by atoms with Crippen LogP contribution in [0.25, 0.3) is 0 Å². The lowest BCUT2D eigenvalue weighted by atomic mass is 10.7. The first kappa shape index (κ1) is 13.5. The molecule has 0 saturated carbocycles. The van der Waals surface area contributed by atoms with Crippen molar-refractivity contribution in [2.75, 3.05) is 30.9 Å². The minimum absolute atomic E-state index is 0.195. The minimum atomic E-state index is -2.85. The number of aryl methyl sites for hydroxylation is 1. The van der Waals surface area contributed by atoms with Gasteiger partial charge in [0.15, 0.2) is 5.16 Å². The Morgan fingerprint density at radius 2 is 2.25 bits per heavy atom. The number of rotatable bonds is 7. The first-order chi connectivity index (χ1) is 7.49. The number of nitrogens with zero attached hydrogens (tertiary/aromatic N) is 2. The zero-order chi connectivity index (χ0) is 12.0. The van der Waals surface area contributed by atoms with Crippen LogP contribution in [-0.4, -0.2) is 48.8 Å². The highest BCUT2D eigenvalue weighted by Gasteiger charge is 2.01. The molecule has 0 fully saturated rings. The fraction of sp³-hybridized carbons (Fsp3) is 0.667. The second-order valence-corrected chi connectivity index (χ2v) is 6.87. The Morgan fingerprint density at radius 1 is 1.50 bits per heavy atom. The molecule has 1 aromatic rings. The summed E-state index contributed by atoms with van der Waals surface area (Å²) < 4.78 is 23.6. The maximum absolute atomic E-state index is 10.8. The largest absolute Gasteiger partial charge is 0.329 e. The van der Waals surface area contributed by atoms with Crippen molar-refractivity contribution < 1.29 is 8.42 Å². The maximum Gasteiger partial charge on any atom is 0.167 e. The van der Waals surface area contributed by atoms with Crippen LogP contribution < -0.4 is 5.32 Å². The smallest absolute Gasteiger partial charge is 0.167 e. The zero-order valence-corrected chi connectivity index (χ0v) is 11.1. The summed E-state index contributed by atoms with van der Waals surface area (Å²) in [6.07, 6.45) is 4.91. The van der Waals surface area contributed by atoms with Gasteiger partial charge in [-0.15, -0.1) is 0 Å². The van der Waals surface area contributed by atoms with E-state index in [1.165, 1.54) is 6.26 Å². The molecule has 0 aliphatic carbocycles. The van der Waals surface area contributed by atoms with Crippen LogP contribution in [0, 0.1) is 0 Å². The highest BCUT2D eigenvalue weighted by Crippen LogP contribution is 2.12.